The van der Waals surface area contributed by atoms with E-state index in [2.05, 4.69) is 56.5 Å². The fourth-order valence-corrected chi connectivity index (χ4v) is 4.77. The number of hydrogen-bond acceptors (Lipinski definition) is 8. The molecule has 0 spiro atoms. The van der Waals surface area contributed by atoms with Crippen LogP contribution in [-0.2, 0) is 11.2 Å². The second kappa shape index (κ2) is 9.18. The molecule has 5 rings (SSSR count). The molecule has 2 aliphatic rings. The van der Waals surface area contributed by atoms with Crippen LogP contribution in [0.3, 0.4) is 0 Å². The summed E-state index contributed by atoms with van der Waals surface area (Å²) in [6, 6.07) is 5.97. The van der Waals surface area contributed by atoms with Gasteiger partial charge in [-0.25, -0.2) is 9.50 Å². The van der Waals surface area contributed by atoms with Crippen molar-refractivity contribution in [3.8, 4) is 5.75 Å². The van der Waals surface area contributed by atoms with Gasteiger partial charge in [0.1, 0.15) is 11.4 Å². The zero-order chi connectivity index (χ0) is 24.6. The smallest absolute Gasteiger partial charge is 0.233 e. The fourth-order valence-electron chi connectivity index (χ4n) is 4.77. The minimum absolute atomic E-state index is 0.0228. The predicted molar refractivity (Wildman–Crippen MR) is 133 cm³/mol. The molecule has 0 radical (unpaired) electrons. The first kappa shape index (κ1) is 23.1. The Balaban J connectivity index is 1.36. The number of aromatic nitrogens is 3. The Kier molecular flexibility index (Phi) is 6.06. The molecule has 2 N–H and O–H groups in total. The van der Waals surface area contributed by atoms with Crippen LogP contribution in [0.2, 0.25) is 0 Å². The maximum Gasteiger partial charge on any atom is 0.233 e. The molecule has 0 aliphatic carbocycles. The third kappa shape index (κ3) is 4.79. The minimum atomic E-state index is -0.261. The van der Waals surface area contributed by atoms with E-state index < -0.39 is 0 Å². The highest BCUT2D eigenvalue weighted by Crippen LogP contribution is 2.41. The number of Topliss-reactive ketones (excluding diaryl/α,β-unsaturated/α-hetero) is 1. The maximum absolute atomic E-state index is 13.1. The highest BCUT2D eigenvalue weighted by Gasteiger charge is 2.32. The van der Waals surface area contributed by atoms with Gasteiger partial charge in [-0.1, -0.05) is 0 Å². The standard InChI is InChI=1S/C25H31N7O3/c1-25(2)13-17-11-19(28-15-21(33)18-14-29-32-6-4-5-27-24(18)32)20(12-22(17)35-25)31-9-7-30(8-10-31)16-23(34)26-3/h4-6,11-12,14,28H,7-10,13,15-16H2,1-3H3,(H,26,34). The third-order valence-corrected chi connectivity index (χ3v) is 6.56. The summed E-state index contributed by atoms with van der Waals surface area (Å²) in [5, 5.41) is 10.3. The van der Waals surface area contributed by atoms with Crippen molar-refractivity contribution in [2.75, 3.05) is 56.5 Å². The molecule has 0 atom stereocenters. The monoisotopic (exact) mass is 477 g/mol. The molecular formula is C25H31N7O3. The van der Waals surface area contributed by atoms with Gasteiger partial charge in [0.15, 0.2) is 11.4 Å². The van der Waals surface area contributed by atoms with E-state index in [1.807, 2.05) is 0 Å². The normalized spacial score (nSPS) is 17.2. The first-order valence-corrected chi connectivity index (χ1v) is 11.9. The molecule has 1 aromatic carbocycles. The number of anilines is 2. The molecule has 1 fully saturated rings. The van der Waals surface area contributed by atoms with Crippen molar-refractivity contribution in [2.24, 2.45) is 0 Å². The molecule has 35 heavy (non-hydrogen) atoms. The van der Waals surface area contributed by atoms with Crippen molar-refractivity contribution in [1.82, 2.24) is 24.8 Å². The van der Waals surface area contributed by atoms with Gasteiger partial charge in [0.05, 0.1) is 36.2 Å². The van der Waals surface area contributed by atoms with Crippen molar-refractivity contribution < 1.29 is 14.3 Å². The second-order valence-electron chi connectivity index (χ2n) is 9.67. The highest BCUT2D eigenvalue weighted by molar-refractivity contribution is 6.04. The zero-order valence-electron chi connectivity index (χ0n) is 20.4. The Morgan fingerprint density at radius 1 is 1.17 bits per heavy atom. The lowest BCUT2D eigenvalue weighted by Crippen LogP contribution is -2.49. The van der Waals surface area contributed by atoms with Gasteiger partial charge in [0.2, 0.25) is 5.91 Å². The van der Waals surface area contributed by atoms with Crippen molar-refractivity contribution in [1.29, 1.82) is 0 Å². The van der Waals surface area contributed by atoms with Gasteiger partial charge in [-0.15, -0.1) is 0 Å². The summed E-state index contributed by atoms with van der Waals surface area (Å²) < 4.78 is 7.80. The first-order valence-electron chi connectivity index (χ1n) is 11.9. The topological polar surface area (TPSA) is 104 Å². The molecule has 0 saturated carbocycles. The molecular weight excluding hydrogens is 446 g/mol. The Morgan fingerprint density at radius 2 is 1.97 bits per heavy atom. The number of carbonyl (C=O) groups excluding carboxylic acids is 2. The van der Waals surface area contributed by atoms with Gasteiger partial charge < -0.3 is 20.3 Å². The second-order valence-corrected chi connectivity index (χ2v) is 9.67. The third-order valence-electron chi connectivity index (χ3n) is 6.56. The van der Waals surface area contributed by atoms with Crippen LogP contribution in [-0.4, -0.2) is 83.1 Å². The number of ether oxygens (including phenoxy) is 1. The van der Waals surface area contributed by atoms with Crippen LogP contribution in [0.5, 0.6) is 5.75 Å². The molecule has 0 unspecified atom stereocenters. The highest BCUT2D eigenvalue weighted by atomic mass is 16.5. The van der Waals surface area contributed by atoms with Crippen molar-refractivity contribution in [3.63, 3.8) is 0 Å². The Bertz CT molecular complexity index is 1260. The van der Waals surface area contributed by atoms with E-state index in [0.717, 1.165) is 55.3 Å². The number of ketones is 1. The fraction of sp³-hybridized carbons (Fsp3) is 0.440. The number of fused-ring (bicyclic) bond motifs is 2. The molecule has 10 nitrogen and oxygen atoms in total. The summed E-state index contributed by atoms with van der Waals surface area (Å²) in [4.78, 5) is 33.6. The maximum atomic E-state index is 13.1. The van der Waals surface area contributed by atoms with Gasteiger partial charge in [-0.2, -0.15) is 5.10 Å². The molecule has 2 aromatic heterocycles. The van der Waals surface area contributed by atoms with E-state index in [9.17, 15) is 9.59 Å². The summed E-state index contributed by atoms with van der Waals surface area (Å²) in [6.07, 6.45) is 5.81. The average molecular weight is 478 g/mol. The van der Waals surface area contributed by atoms with E-state index in [1.165, 1.54) is 0 Å². The van der Waals surface area contributed by atoms with Crippen molar-refractivity contribution >= 4 is 28.7 Å². The van der Waals surface area contributed by atoms with E-state index in [-0.39, 0.29) is 23.8 Å². The van der Waals surface area contributed by atoms with Crippen LogP contribution < -0.4 is 20.3 Å². The van der Waals surface area contributed by atoms with Crippen molar-refractivity contribution in [2.45, 2.75) is 25.9 Å². The number of nitrogens with zero attached hydrogens (tertiary/aromatic N) is 5. The number of piperazine rings is 1. The zero-order valence-corrected chi connectivity index (χ0v) is 20.4. The Labute approximate surface area is 204 Å². The number of carbonyl (C=O) groups is 2. The van der Waals surface area contributed by atoms with E-state index in [1.54, 1.807) is 36.2 Å². The van der Waals surface area contributed by atoms with E-state index in [4.69, 9.17) is 4.74 Å². The number of nitrogens with one attached hydrogen (secondary N) is 2. The van der Waals surface area contributed by atoms with E-state index >= 15 is 0 Å². The Morgan fingerprint density at radius 3 is 2.74 bits per heavy atom. The van der Waals surface area contributed by atoms with Gasteiger partial charge in [-0.3, -0.25) is 14.5 Å². The van der Waals surface area contributed by atoms with Crippen LogP contribution in [0.4, 0.5) is 11.4 Å². The average Bonchev–Trinajstić information content (AvgIpc) is 3.41. The number of amides is 1. The summed E-state index contributed by atoms with van der Waals surface area (Å²) in [6.45, 7) is 7.81. The molecule has 4 heterocycles. The molecule has 3 aromatic rings. The summed E-state index contributed by atoms with van der Waals surface area (Å²) >= 11 is 0. The number of likely N-dealkylation sites (N-methyl/N-ethyl adjacent to an activating group) is 1. The number of rotatable bonds is 7. The lowest BCUT2D eigenvalue weighted by molar-refractivity contribution is -0.121. The molecule has 10 heteroatoms. The summed E-state index contributed by atoms with van der Waals surface area (Å²) in [7, 11) is 1.66. The lowest BCUT2D eigenvalue weighted by atomic mass is 10.0. The number of hydrogen-bond donors (Lipinski definition) is 2. The summed E-state index contributed by atoms with van der Waals surface area (Å²) in [5.41, 5.74) is 3.83. The first-order chi connectivity index (χ1) is 16.8. The lowest BCUT2D eigenvalue weighted by Gasteiger charge is -2.36. The SMILES string of the molecule is CNC(=O)CN1CCN(c2cc3c(cc2NCC(=O)c2cnn4cccnc24)CC(C)(C)O3)CC1. The van der Waals surface area contributed by atoms with Crippen LogP contribution in [0.25, 0.3) is 5.65 Å². The van der Waals surface area contributed by atoms with Gasteiger partial charge in [0, 0.05) is 63.7 Å². The predicted octanol–water partition coefficient (Wildman–Crippen LogP) is 1.61. The minimum Gasteiger partial charge on any atom is -0.487 e. The van der Waals surface area contributed by atoms with Crippen molar-refractivity contribution in [3.05, 3.63) is 47.9 Å². The van der Waals surface area contributed by atoms with Crippen LogP contribution in [0.1, 0.15) is 29.8 Å². The molecule has 1 saturated heterocycles. The largest absolute Gasteiger partial charge is 0.487 e. The van der Waals surface area contributed by atoms with Crippen LogP contribution in [0.15, 0.2) is 36.8 Å². The van der Waals surface area contributed by atoms with Gasteiger partial charge in [-0.05, 0) is 26.0 Å². The van der Waals surface area contributed by atoms with E-state index in [0.29, 0.717) is 17.8 Å². The number of benzene rings is 1. The van der Waals surface area contributed by atoms with Crippen LogP contribution >= 0.6 is 0 Å². The molecule has 184 valence electrons. The van der Waals surface area contributed by atoms with Gasteiger partial charge in [0.25, 0.3) is 0 Å². The molecule has 1 amide bonds. The Hall–Kier alpha value is -3.66. The quantitative estimate of drug-likeness (QED) is 0.495. The van der Waals surface area contributed by atoms with Gasteiger partial charge >= 0.3 is 0 Å². The molecule has 2 aliphatic heterocycles. The molecule has 0 bridgehead atoms. The van der Waals surface area contributed by atoms with Crippen LogP contribution in [0, 0.1) is 0 Å². The summed E-state index contributed by atoms with van der Waals surface area (Å²) in [5.74, 6) is 0.841.